The molecule has 0 spiro atoms. The van der Waals surface area contributed by atoms with Crippen molar-refractivity contribution in [1.82, 2.24) is 9.88 Å². The Morgan fingerprint density at radius 1 is 1.45 bits per heavy atom. The number of likely N-dealkylation sites (tertiary alicyclic amines) is 1. The Hall–Kier alpha value is -0.360. The van der Waals surface area contributed by atoms with Crippen LogP contribution < -0.4 is 5.73 Å². The van der Waals surface area contributed by atoms with Crippen molar-refractivity contribution >= 4 is 42.1 Å². The van der Waals surface area contributed by atoms with Crippen molar-refractivity contribution in [3.8, 4) is 0 Å². The first-order chi connectivity index (χ1) is 8.61. The molecular weight excluding hydrogens is 317 g/mol. The van der Waals surface area contributed by atoms with Crippen LogP contribution in [0.3, 0.4) is 0 Å². The number of nitrogens with zero attached hydrogens (tertiary/aromatic N) is 2. The number of nitrogens with two attached hydrogens (primary N) is 1. The van der Waals surface area contributed by atoms with E-state index in [1.807, 2.05) is 18.7 Å². The van der Waals surface area contributed by atoms with Crippen LogP contribution in [-0.4, -0.2) is 35.4 Å². The number of carbonyl (C=O) groups excluding carboxylic acids is 1. The lowest BCUT2D eigenvalue weighted by Crippen LogP contribution is -2.40. The van der Waals surface area contributed by atoms with Gasteiger partial charge >= 0.3 is 0 Å². The molecule has 0 saturated carbocycles. The first kappa shape index (κ1) is 19.6. The van der Waals surface area contributed by atoms with Crippen LogP contribution >= 0.6 is 36.2 Å². The fourth-order valence-electron chi connectivity index (χ4n) is 2.59. The number of halogens is 2. The predicted octanol–water partition coefficient (Wildman–Crippen LogP) is 2.80. The molecule has 116 valence electrons. The fourth-order valence-corrected chi connectivity index (χ4v) is 3.48. The summed E-state index contributed by atoms with van der Waals surface area (Å²) in [5, 5.41) is 0.964. The van der Waals surface area contributed by atoms with Crippen LogP contribution in [0.1, 0.15) is 39.6 Å². The Balaban J connectivity index is 0.00000180. The summed E-state index contributed by atoms with van der Waals surface area (Å²) >= 11 is 1.50. The minimum atomic E-state index is 0. The summed E-state index contributed by atoms with van der Waals surface area (Å²) in [7, 11) is 0. The highest BCUT2D eigenvalue weighted by molar-refractivity contribution is 7.13. The summed E-state index contributed by atoms with van der Waals surface area (Å²) < 4.78 is 0. The molecule has 2 N–H and O–H groups in total. The molecule has 1 fully saturated rings. The molecular formula is C13H23Cl2N3OS. The number of amides is 1. The zero-order chi connectivity index (χ0) is 13.1. The number of hydrogen-bond acceptors (Lipinski definition) is 4. The van der Waals surface area contributed by atoms with Gasteiger partial charge in [0, 0.05) is 13.1 Å². The van der Waals surface area contributed by atoms with Gasteiger partial charge in [0.05, 0.1) is 10.7 Å². The van der Waals surface area contributed by atoms with Gasteiger partial charge in [-0.25, -0.2) is 4.98 Å². The number of carbonyl (C=O) groups is 1. The number of aryl methyl sites for hydroxylation is 2. The lowest BCUT2D eigenvalue weighted by molar-refractivity contribution is 0.0673. The van der Waals surface area contributed by atoms with Crippen molar-refractivity contribution in [3.63, 3.8) is 0 Å². The molecule has 1 saturated heterocycles. The zero-order valence-corrected chi connectivity index (χ0v) is 14.4. The van der Waals surface area contributed by atoms with E-state index in [9.17, 15) is 4.79 Å². The Morgan fingerprint density at radius 2 is 2.15 bits per heavy atom. The number of thiazole rings is 1. The Bertz CT molecular complexity index is 437. The third-order valence-corrected chi connectivity index (χ3v) is 4.54. The molecule has 1 aromatic heterocycles. The van der Waals surface area contributed by atoms with Gasteiger partial charge in [0.2, 0.25) is 0 Å². The SMILES string of the molecule is Cc1nc(C)c(C(=O)N2CCCC(CCN)C2)s1.Cl.Cl. The standard InChI is InChI=1S/C13H21N3OS.2ClH/c1-9-12(18-10(2)15-9)13(17)16-7-3-4-11(8-16)5-6-14;;/h11H,3-8,14H2,1-2H3;2*1H. The lowest BCUT2D eigenvalue weighted by atomic mass is 9.95. The third kappa shape index (κ3) is 4.58. The normalized spacial score (nSPS) is 18.1. The van der Waals surface area contributed by atoms with Gasteiger partial charge in [0.25, 0.3) is 5.91 Å². The van der Waals surface area contributed by atoms with E-state index in [0.29, 0.717) is 12.5 Å². The van der Waals surface area contributed by atoms with Gasteiger partial charge < -0.3 is 10.6 Å². The highest BCUT2D eigenvalue weighted by atomic mass is 35.5. The number of aromatic nitrogens is 1. The number of hydrogen-bond donors (Lipinski definition) is 1. The summed E-state index contributed by atoms with van der Waals surface area (Å²) in [5.41, 5.74) is 6.47. The van der Waals surface area contributed by atoms with Crippen molar-refractivity contribution in [2.45, 2.75) is 33.1 Å². The van der Waals surface area contributed by atoms with Gasteiger partial charge in [0.1, 0.15) is 4.88 Å². The first-order valence-electron chi connectivity index (χ1n) is 6.55. The molecule has 1 atom stereocenters. The molecule has 1 aromatic rings. The Morgan fingerprint density at radius 3 is 2.70 bits per heavy atom. The third-order valence-electron chi connectivity index (χ3n) is 3.48. The molecule has 7 heteroatoms. The average Bonchev–Trinajstić information content (AvgIpc) is 2.68. The predicted molar refractivity (Wildman–Crippen MR) is 88.4 cm³/mol. The van der Waals surface area contributed by atoms with Gasteiger partial charge in [-0.1, -0.05) is 0 Å². The van der Waals surface area contributed by atoms with Crippen LogP contribution in [0.2, 0.25) is 0 Å². The molecule has 1 aliphatic rings. The highest BCUT2D eigenvalue weighted by Gasteiger charge is 2.26. The van der Waals surface area contributed by atoms with E-state index in [2.05, 4.69) is 4.98 Å². The van der Waals surface area contributed by atoms with Crippen LogP contribution in [0, 0.1) is 19.8 Å². The van der Waals surface area contributed by atoms with E-state index in [0.717, 1.165) is 41.5 Å². The quantitative estimate of drug-likeness (QED) is 0.920. The van der Waals surface area contributed by atoms with Crippen molar-refractivity contribution in [3.05, 3.63) is 15.6 Å². The molecule has 20 heavy (non-hydrogen) atoms. The Kier molecular flexibility index (Phi) is 8.66. The largest absolute Gasteiger partial charge is 0.338 e. The average molecular weight is 340 g/mol. The van der Waals surface area contributed by atoms with E-state index in [1.54, 1.807) is 0 Å². The zero-order valence-electron chi connectivity index (χ0n) is 11.9. The second-order valence-electron chi connectivity index (χ2n) is 4.98. The smallest absolute Gasteiger partial charge is 0.265 e. The molecule has 0 aromatic carbocycles. The van der Waals surface area contributed by atoms with Crippen LogP contribution in [-0.2, 0) is 0 Å². The van der Waals surface area contributed by atoms with Crippen molar-refractivity contribution in [1.29, 1.82) is 0 Å². The summed E-state index contributed by atoms with van der Waals surface area (Å²) in [6, 6.07) is 0. The van der Waals surface area contributed by atoms with Crippen molar-refractivity contribution < 1.29 is 4.79 Å². The van der Waals surface area contributed by atoms with E-state index < -0.39 is 0 Å². The van der Waals surface area contributed by atoms with E-state index in [1.165, 1.54) is 17.8 Å². The lowest BCUT2D eigenvalue weighted by Gasteiger charge is -2.32. The van der Waals surface area contributed by atoms with Gasteiger partial charge in [0.15, 0.2) is 0 Å². The van der Waals surface area contributed by atoms with Crippen LogP contribution in [0.25, 0.3) is 0 Å². The molecule has 0 aliphatic carbocycles. The maximum Gasteiger partial charge on any atom is 0.265 e. The topological polar surface area (TPSA) is 59.2 Å². The molecule has 2 rings (SSSR count). The minimum Gasteiger partial charge on any atom is -0.338 e. The van der Waals surface area contributed by atoms with Gasteiger partial charge in [-0.15, -0.1) is 36.2 Å². The van der Waals surface area contributed by atoms with Crippen molar-refractivity contribution in [2.75, 3.05) is 19.6 Å². The van der Waals surface area contributed by atoms with Crippen molar-refractivity contribution in [2.24, 2.45) is 11.7 Å². The summed E-state index contributed by atoms with van der Waals surface area (Å²) in [5.74, 6) is 0.724. The molecule has 1 amide bonds. The van der Waals surface area contributed by atoms with E-state index in [-0.39, 0.29) is 30.7 Å². The molecule has 0 radical (unpaired) electrons. The van der Waals surface area contributed by atoms with Crippen LogP contribution in [0.5, 0.6) is 0 Å². The molecule has 4 nitrogen and oxygen atoms in total. The first-order valence-corrected chi connectivity index (χ1v) is 7.37. The second kappa shape index (κ2) is 8.82. The second-order valence-corrected chi connectivity index (χ2v) is 6.19. The monoisotopic (exact) mass is 339 g/mol. The summed E-state index contributed by atoms with van der Waals surface area (Å²) in [4.78, 5) is 19.6. The maximum atomic E-state index is 12.4. The fraction of sp³-hybridized carbons (Fsp3) is 0.692. The highest BCUT2D eigenvalue weighted by Crippen LogP contribution is 2.24. The van der Waals surface area contributed by atoms with Gasteiger partial charge in [-0.2, -0.15) is 0 Å². The molecule has 2 heterocycles. The van der Waals surface area contributed by atoms with Crippen LogP contribution in [0.4, 0.5) is 0 Å². The Labute approximate surface area is 137 Å². The van der Waals surface area contributed by atoms with E-state index in [4.69, 9.17) is 5.73 Å². The number of rotatable bonds is 3. The number of piperidine rings is 1. The molecule has 1 aliphatic heterocycles. The van der Waals surface area contributed by atoms with Crippen LogP contribution in [0.15, 0.2) is 0 Å². The minimum absolute atomic E-state index is 0. The summed E-state index contributed by atoms with van der Waals surface area (Å²) in [6.45, 7) is 6.30. The van der Waals surface area contributed by atoms with Gasteiger partial charge in [-0.05, 0) is 45.6 Å². The summed E-state index contributed by atoms with van der Waals surface area (Å²) in [6.07, 6.45) is 3.30. The molecule has 1 unspecified atom stereocenters. The molecule has 0 bridgehead atoms. The van der Waals surface area contributed by atoms with E-state index >= 15 is 0 Å². The van der Waals surface area contributed by atoms with Gasteiger partial charge in [-0.3, -0.25) is 4.79 Å². The maximum absolute atomic E-state index is 12.4.